The van der Waals surface area contributed by atoms with E-state index in [0.717, 1.165) is 17.7 Å². The summed E-state index contributed by atoms with van der Waals surface area (Å²) in [6.45, 7) is 0.634. The fourth-order valence-electron chi connectivity index (χ4n) is 3.91. The Morgan fingerprint density at radius 3 is 2.82 bits per heavy atom. The Morgan fingerprint density at radius 2 is 2.09 bits per heavy atom. The summed E-state index contributed by atoms with van der Waals surface area (Å²) in [7, 11) is 1.73. The zero-order chi connectivity index (χ0) is 22.8. The van der Waals surface area contributed by atoms with E-state index in [0.29, 0.717) is 41.8 Å². The fourth-order valence-corrected chi connectivity index (χ4v) is 4.28. The molecule has 2 N–H and O–H groups in total. The van der Waals surface area contributed by atoms with E-state index in [1.165, 1.54) is 4.90 Å². The van der Waals surface area contributed by atoms with Gasteiger partial charge in [0.1, 0.15) is 17.0 Å². The lowest BCUT2D eigenvalue weighted by Crippen LogP contribution is -2.63. The Balaban J connectivity index is 1.44. The number of nitrogens with one attached hydrogen (secondary N) is 2. The van der Waals surface area contributed by atoms with Gasteiger partial charge in [0.25, 0.3) is 0 Å². The SMILES string of the molecule is CNSNc1cccc(CN2C(=O)Oc3cc(Oc4ccccn4)ccc3C23COC3)c1F. The van der Waals surface area contributed by atoms with Crippen molar-refractivity contribution >= 4 is 23.9 Å². The van der Waals surface area contributed by atoms with E-state index in [2.05, 4.69) is 14.4 Å². The number of amides is 1. The summed E-state index contributed by atoms with van der Waals surface area (Å²) in [5, 5.41) is 0. The number of anilines is 1. The maximum atomic E-state index is 15.1. The van der Waals surface area contributed by atoms with Crippen molar-refractivity contribution in [1.82, 2.24) is 14.6 Å². The number of halogens is 1. The molecule has 1 saturated heterocycles. The summed E-state index contributed by atoms with van der Waals surface area (Å²) in [5.74, 6) is 0.905. The maximum Gasteiger partial charge on any atom is 0.416 e. The lowest BCUT2D eigenvalue weighted by molar-refractivity contribution is -0.143. The molecule has 2 aromatic carbocycles. The van der Waals surface area contributed by atoms with E-state index in [-0.39, 0.29) is 6.54 Å². The predicted octanol–water partition coefficient (Wildman–Crippen LogP) is 4.45. The number of pyridine rings is 1. The highest BCUT2D eigenvalue weighted by atomic mass is 32.2. The van der Waals surface area contributed by atoms with Crippen molar-refractivity contribution in [3.8, 4) is 17.4 Å². The quantitative estimate of drug-likeness (QED) is 0.492. The second kappa shape index (κ2) is 8.89. The van der Waals surface area contributed by atoms with Crippen LogP contribution in [-0.2, 0) is 16.8 Å². The number of ether oxygens (including phenoxy) is 3. The summed E-state index contributed by atoms with van der Waals surface area (Å²) in [6, 6.07) is 15.7. The first-order valence-electron chi connectivity index (χ1n) is 10.3. The van der Waals surface area contributed by atoms with Crippen molar-refractivity contribution in [2.24, 2.45) is 0 Å². The van der Waals surface area contributed by atoms with Crippen molar-refractivity contribution < 1.29 is 23.4 Å². The number of carbonyl (C=O) groups excluding carboxylic acids is 1. The van der Waals surface area contributed by atoms with Crippen LogP contribution < -0.4 is 18.9 Å². The molecule has 2 aliphatic heterocycles. The Morgan fingerprint density at radius 1 is 1.21 bits per heavy atom. The highest BCUT2D eigenvalue weighted by Gasteiger charge is 2.53. The van der Waals surface area contributed by atoms with Gasteiger partial charge in [0, 0.05) is 41.6 Å². The molecular formula is C23H21FN4O4S. The molecule has 1 aromatic heterocycles. The molecule has 2 aliphatic rings. The highest BCUT2D eigenvalue weighted by molar-refractivity contribution is 7.98. The van der Waals surface area contributed by atoms with Crippen LogP contribution in [0.25, 0.3) is 0 Å². The van der Waals surface area contributed by atoms with Crippen LogP contribution in [0.3, 0.4) is 0 Å². The number of carbonyl (C=O) groups is 1. The highest BCUT2D eigenvalue weighted by Crippen LogP contribution is 2.47. The number of nitrogens with zero attached hydrogens (tertiary/aromatic N) is 2. The molecule has 0 radical (unpaired) electrons. The molecule has 0 atom stereocenters. The molecule has 1 fully saturated rings. The van der Waals surface area contributed by atoms with E-state index < -0.39 is 17.4 Å². The molecule has 0 aliphatic carbocycles. The summed E-state index contributed by atoms with van der Waals surface area (Å²) >= 11 is 1.16. The number of benzene rings is 2. The van der Waals surface area contributed by atoms with Gasteiger partial charge in [0.15, 0.2) is 5.82 Å². The lowest BCUT2D eigenvalue weighted by atomic mass is 9.84. The van der Waals surface area contributed by atoms with Gasteiger partial charge in [0.05, 0.1) is 25.4 Å². The molecule has 3 aromatic rings. The molecule has 0 bridgehead atoms. The van der Waals surface area contributed by atoms with Crippen LogP contribution in [-0.4, -0.2) is 36.2 Å². The second-order valence-electron chi connectivity index (χ2n) is 7.59. The van der Waals surface area contributed by atoms with Crippen LogP contribution in [0.1, 0.15) is 11.1 Å². The Kier molecular flexibility index (Phi) is 5.79. The second-order valence-corrected chi connectivity index (χ2v) is 8.41. The average Bonchev–Trinajstić information content (AvgIpc) is 2.79. The number of rotatable bonds is 7. The van der Waals surface area contributed by atoms with Crippen LogP contribution in [0.5, 0.6) is 17.4 Å². The van der Waals surface area contributed by atoms with E-state index >= 15 is 4.39 Å². The first-order valence-corrected chi connectivity index (χ1v) is 11.1. The molecule has 1 amide bonds. The van der Waals surface area contributed by atoms with Gasteiger partial charge in [-0.2, -0.15) is 0 Å². The van der Waals surface area contributed by atoms with Gasteiger partial charge in [0.2, 0.25) is 5.88 Å². The van der Waals surface area contributed by atoms with Gasteiger partial charge >= 0.3 is 6.09 Å². The van der Waals surface area contributed by atoms with Crippen LogP contribution >= 0.6 is 12.1 Å². The van der Waals surface area contributed by atoms with Gasteiger partial charge in [-0.3, -0.25) is 4.90 Å². The molecule has 33 heavy (non-hydrogen) atoms. The normalized spacial score (nSPS) is 16.1. The molecule has 170 valence electrons. The number of hydrogen-bond acceptors (Lipinski definition) is 8. The minimum absolute atomic E-state index is 0.0411. The molecule has 8 nitrogen and oxygen atoms in total. The van der Waals surface area contributed by atoms with E-state index in [1.807, 2.05) is 12.1 Å². The molecular weight excluding hydrogens is 447 g/mol. The van der Waals surface area contributed by atoms with E-state index in [4.69, 9.17) is 14.2 Å². The maximum absolute atomic E-state index is 15.1. The molecule has 10 heteroatoms. The molecule has 5 rings (SSSR count). The minimum Gasteiger partial charge on any atom is -0.439 e. The predicted molar refractivity (Wildman–Crippen MR) is 121 cm³/mol. The third kappa shape index (κ3) is 3.97. The van der Waals surface area contributed by atoms with Crippen molar-refractivity contribution in [3.05, 3.63) is 77.7 Å². The first-order chi connectivity index (χ1) is 16.1. The summed E-state index contributed by atoms with van der Waals surface area (Å²) < 4.78 is 37.7. The van der Waals surface area contributed by atoms with Crippen molar-refractivity contribution in [2.45, 2.75) is 12.1 Å². The fraction of sp³-hybridized carbons (Fsp3) is 0.217. The van der Waals surface area contributed by atoms with Gasteiger partial charge < -0.3 is 18.9 Å². The molecule has 0 unspecified atom stereocenters. The smallest absolute Gasteiger partial charge is 0.416 e. The Bertz CT molecular complexity index is 1180. The van der Waals surface area contributed by atoms with Crippen LogP contribution in [0.4, 0.5) is 14.9 Å². The van der Waals surface area contributed by atoms with E-state index in [9.17, 15) is 4.79 Å². The largest absolute Gasteiger partial charge is 0.439 e. The van der Waals surface area contributed by atoms with Gasteiger partial charge in [-0.15, -0.1) is 0 Å². The van der Waals surface area contributed by atoms with Gasteiger partial charge in [-0.25, -0.2) is 18.9 Å². The number of aromatic nitrogens is 1. The van der Waals surface area contributed by atoms with Crippen molar-refractivity contribution in [2.75, 3.05) is 25.0 Å². The third-order valence-corrected chi connectivity index (χ3v) is 6.13. The zero-order valence-corrected chi connectivity index (χ0v) is 18.5. The molecule has 0 saturated carbocycles. The third-order valence-electron chi connectivity index (χ3n) is 5.60. The van der Waals surface area contributed by atoms with Crippen LogP contribution in [0.15, 0.2) is 60.8 Å². The van der Waals surface area contributed by atoms with Gasteiger partial charge in [-0.1, -0.05) is 18.2 Å². The Labute approximate surface area is 194 Å². The van der Waals surface area contributed by atoms with Crippen LogP contribution in [0, 0.1) is 5.82 Å². The topological polar surface area (TPSA) is 85.0 Å². The van der Waals surface area contributed by atoms with Crippen molar-refractivity contribution in [3.63, 3.8) is 0 Å². The summed E-state index contributed by atoms with van der Waals surface area (Å²) in [6.07, 6.45) is 1.07. The van der Waals surface area contributed by atoms with Crippen molar-refractivity contribution in [1.29, 1.82) is 0 Å². The van der Waals surface area contributed by atoms with Gasteiger partial charge in [-0.05, 0) is 31.3 Å². The van der Waals surface area contributed by atoms with E-state index in [1.54, 1.807) is 55.7 Å². The zero-order valence-electron chi connectivity index (χ0n) is 17.7. The summed E-state index contributed by atoms with van der Waals surface area (Å²) in [5.41, 5.74) is 0.762. The standard InChI is InChI=1S/C23H21FN4O4S/c1-25-33-27-18-6-4-5-15(21(18)24)12-28-22(29)32-19-11-16(31-20-7-2-3-10-26-20)8-9-17(19)23(28)13-30-14-23/h2-11,25,27H,12-14H2,1H3. The minimum atomic E-state index is -0.732. The first kappa shape index (κ1) is 21.5. The number of hydrogen-bond donors (Lipinski definition) is 2. The lowest BCUT2D eigenvalue weighted by Gasteiger charge is -2.51. The number of fused-ring (bicyclic) bond motifs is 2. The molecule has 3 heterocycles. The van der Waals surface area contributed by atoms with Crippen LogP contribution in [0.2, 0.25) is 0 Å². The Hall–Kier alpha value is -3.34. The monoisotopic (exact) mass is 468 g/mol. The summed E-state index contributed by atoms with van der Waals surface area (Å²) in [4.78, 5) is 18.7. The average molecular weight is 469 g/mol. The molecule has 1 spiro atoms.